The van der Waals surface area contributed by atoms with Crippen molar-refractivity contribution in [2.24, 2.45) is 0 Å². The van der Waals surface area contributed by atoms with E-state index in [-0.39, 0.29) is 6.61 Å². The first kappa shape index (κ1) is 19.2. The fourth-order valence-corrected chi connectivity index (χ4v) is 1.35. The lowest BCUT2D eigenvalue weighted by molar-refractivity contribution is -0.109. The Balaban J connectivity index is 0.000000885. The average Bonchev–Trinajstić information content (AvgIpc) is 2.51. The standard InChI is InChI=1S/C13H21NO3.C2H5NO/c1-10(2)14-8-11(15)9-17-13-7-5-4-6-12(13)16-3;1-3-2-4/h4-7,10-11,14-15H,8-9H2,1-3H3;2H,1H3,(H,3,4). The Morgan fingerprint density at radius 2 is 1.86 bits per heavy atom. The minimum absolute atomic E-state index is 0.250. The number of carbonyl (C=O) groups is 1. The van der Waals surface area contributed by atoms with Crippen LogP contribution in [0.1, 0.15) is 13.8 Å². The van der Waals surface area contributed by atoms with E-state index in [1.165, 1.54) is 0 Å². The van der Waals surface area contributed by atoms with Crippen molar-refractivity contribution in [3.63, 3.8) is 0 Å². The Kier molecular flexibility index (Phi) is 11.0. The molecule has 1 unspecified atom stereocenters. The number of aliphatic hydroxyl groups excluding tert-OH is 1. The van der Waals surface area contributed by atoms with Gasteiger partial charge in [-0.2, -0.15) is 0 Å². The number of rotatable bonds is 8. The van der Waals surface area contributed by atoms with Crippen molar-refractivity contribution in [1.82, 2.24) is 10.6 Å². The van der Waals surface area contributed by atoms with Gasteiger partial charge in [0.15, 0.2) is 11.5 Å². The largest absolute Gasteiger partial charge is 0.493 e. The highest BCUT2D eigenvalue weighted by molar-refractivity contribution is 5.44. The normalized spacial score (nSPS) is 11.1. The summed E-state index contributed by atoms with van der Waals surface area (Å²) in [5, 5.41) is 15.1. The molecule has 0 aliphatic carbocycles. The highest BCUT2D eigenvalue weighted by Gasteiger charge is 2.08. The van der Waals surface area contributed by atoms with Crippen molar-refractivity contribution in [3.05, 3.63) is 24.3 Å². The topological polar surface area (TPSA) is 79.8 Å². The summed E-state index contributed by atoms with van der Waals surface area (Å²) >= 11 is 0. The number of benzene rings is 1. The van der Waals surface area contributed by atoms with Gasteiger partial charge in [-0.05, 0) is 12.1 Å². The molecule has 0 aliphatic heterocycles. The Morgan fingerprint density at radius 1 is 1.29 bits per heavy atom. The number of amides is 1. The van der Waals surface area contributed by atoms with Crippen molar-refractivity contribution in [2.45, 2.75) is 26.0 Å². The van der Waals surface area contributed by atoms with Gasteiger partial charge in [0, 0.05) is 19.6 Å². The fourth-order valence-electron chi connectivity index (χ4n) is 1.35. The molecule has 0 aliphatic rings. The molecule has 0 saturated heterocycles. The van der Waals surface area contributed by atoms with Gasteiger partial charge in [-0.15, -0.1) is 0 Å². The molecule has 0 bridgehead atoms. The van der Waals surface area contributed by atoms with Gasteiger partial charge in [0.2, 0.25) is 6.41 Å². The van der Waals surface area contributed by atoms with Crippen LogP contribution in [0.25, 0.3) is 0 Å². The second-order valence-electron chi connectivity index (χ2n) is 4.59. The lowest BCUT2D eigenvalue weighted by atomic mass is 10.3. The highest BCUT2D eigenvalue weighted by atomic mass is 16.5. The smallest absolute Gasteiger partial charge is 0.206 e. The minimum atomic E-state index is -0.526. The van der Waals surface area contributed by atoms with Crippen LogP contribution in [0.2, 0.25) is 0 Å². The molecule has 1 aromatic rings. The fraction of sp³-hybridized carbons (Fsp3) is 0.533. The molecule has 1 amide bonds. The minimum Gasteiger partial charge on any atom is -0.493 e. The zero-order valence-corrected chi connectivity index (χ0v) is 13.1. The summed E-state index contributed by atoms with van der Waals surface area (Å²) in [5.41, 5.74) is 0. The number of methoxy groups -OCH3 is 1. The van der Waals surface area contributed by atoms with Gasteiger partial charge in [-0.1, -0.05) is 26.0 Å². The van der Waals surface area contributed by atoms with Gasteiger partial charge >= 0.3 is 0 Å². The van der Waals surface area contributed by atoms with Crippen LogP contribution >= 0.6 is 0 Å². The van der Waals surface area contributed by atoms with Crippen LogP contribution in [0, 0.1) is 0 Å². The van der Waals surface area contributed by atoms with E-state index in [0.717, 1.165) is 0 Å². The molecular weight excluding hydrogens is 272 g/mol. The molecule has 120 valence electrons. The average molecular weight is 298 g/mol. The van der Waals surface area contributed by atoms with Gasteiger partial charge < -0.3 is 25.2 Å². The lowest BCUT2D eigenvalue weighted by Gasteiger charge is -2.16. The van der Waals surface area contributed by atoms with E-state index < -0.39 is 6.10 Å². The van der Waals surface area contributed by atoms with E-state index in [1.807, 2.05) is 38.1 Å². The molecule has 0 spiro atoms. The van der Waals surface area contributed by atoms with E-state index in [9.17, 15) is 5.11 Å². The lowest BCUT2D eigenvalue weighted by Crippen LogP contribution is -2.35. The number of ether oxygens (including phenoxy) is 2. The first-order valence-corrected chi connectivity index (χ1v) is 6.83. The van der Waals surface area contributed by atoms with E-state index in [1.54, 1.807) is 14.2 Å². The maximum atomic E-state index is 9.69. The van der Waals surface area contributed by atoms with Gasteiger partial charge in [-0.3, -0.25) is 4.79 Å². The number of nitrogens with one attached hydrogen (secondary N) is 2. The van der Waals surface area contributed by atoms with E-state index in [2.05, 4.69) is 10.6 Å². The van der Waals surface area contributed by atoms with Gasteiger partial charge in [0.25, 0.3) is 0 Å². The Labute approximate surface area is 126 Å². The number of para-hydroxylation sites is 2. The van der Waals surface area contributed by atoms with E-state index in [4.69, 9.17) is 14.3 Å². The Bertz CT molecular complexity index is 386. The van der Waals surface area contributed by atoms with Crippen LogP contribution in [-0.4, -0.2) is 51.0 Å². The third-order valence-electron chi connectivity index (χ3n) is 2.38. The molecule has 1 aromatic carbocycles. The van der Waals surface area contributed by atoms with E-state index >= 15 is 0 Å². The van der Waals surface area contributed by atoms with Gasteiger partial charge in [-0.25, -0.2) is 0 Å². The summed E-state index contributed by atoms with van der Waals surface area (Å²) in [6, 6.07) is 7.75. The Hall–Kier alpha value is -1.79. The Morgan fingerprint density at radius 3 is 2.33 bits per heavy atom. The van der Waals surface area contributed by atoms with Crippen LogP contribution in [0.4, 0.5) is 0 Å². The van der Waals surface area contributed by atoms with Crippen LogP contribution in [0.15, 0.2) is 24.3 Å². The zero-order chi connectivity index (χ0) is 16.1. The molecule has 1 rings (SSSR count). The molecule has 0 aromatic heterocycles. The molecule has 0 saturated carbocycles. The molecule has 0 heterocycles. The molecule has 6 heteroatoms. The number of aliphatic hydroxyl groups is 1. The molecule has 6 nitrogen and oxygen atoms in total. The monoisotopic (exact) mass is 298 g/mol. The summed E-state index contributed by atoms with van der Waals surface area (Å²) < 4.78 is 10.7. The molecule has 1 atom stereocenters. The third-order valence-corrected chi connectivity index (χ3v) is 2.38. The van der Waals surface area contributed by atoms with Crippen LogP contribution in [0.5, 0.6) is 11.5 Å². The first-order valence-electron chi connectivity index (χ1n) is 6.83. The summed E-state index contributed by atoms with van der Waals surface area (Å²) in [6.07, 6.45) is 0.0994. The number of carbonyl (C=O) groups excluding carboxylic acids is 1. The van der Waals surface area contributed by atoms with Gasteiger partial charge in [0.1, 0.15) is 12.7 Å². The van der Waals surface area contributed by atoms with Crippen molar-refractivity contribution < 1.29 is 19.4 Å². The predicted molar refractivity (Wildman–Crippen MR) is 82.8 cm³/mol. The third kappa shape index (κ3) is 9.70. The maximum Gasteiger partial charge on any atom is 0.206 e. The summed E-state index contributed by atoms with van der Waals surface area (Å²) in [4.78, 5) is 9.06. The van der Waals surface area contributed by atoms with E-state index in [0.29, 0.717) is 30.5 Å². The van der Waals surface area contributed by atoms with Crippen LogP contribution in [-0.2, 0) is 4.79 Å². The first-order chi connectivity index (χ1) is 10.0. The highest BCUT2D eigenvalue weighted by Crippen LogP contribution is 2.25. The number of hydrogen-bond donors (Lipinski definition) is 3. The predicted octanol–water partition coefficient (Wildman–Crippen LogP) is 0.795. The molecule has 21 heavy (non-hydrogen) atoms. The number of hydrogen-bond acceptors (Lipinski definition) is 5. The van der Waals surface area contributed by atoms with Crippen LogP contribution in [0.3, 0.4) is 0 Å². The maximum absolute atomic E-state index is 9.69. The molecular formula is C15H26N2O4. The second kappa shape index (κ2) is 12.0. The van der Waals surface area contributed by atoms with Gasteiger partial charge in [0.05, 0.1) is 7.11 Å². The summed E-state index contributed by atoms with van der Waals surface area (Å²) in [6.45, 7) is 4.84. The van der Waals surface area contributed by atoms with Crippen molar-refractivity contribution in [2.75, 3.05) is 27.3 Å². The SMILES string of the molecule is CNC=O.COc1ccccc1OCC(O)CNC(C)C. The second-order valence-corrected chi connectivity index (χ2v) is 4.59. The molecule has 0 fully saturated rings. The van der Waals surface area contributed by atoms with Crippen molar-refractivity contribution >= 4 is 6.41 Å². The molecule has 3 N–H and O–H groups in total. The van der Waals surface area contributed by atoms with Crippen LogP contribution < -0.4 is 20.1 Å². The van der Waals surface area contributed by atoms with Crippen molar-refractivity contribution in [3.8, 4) is 11.5 Å². The zero-order valence-electron chi connectivity index (χ0n) is 13.1. The summed E-state index contributed by atoms with van der Waals surface area (Å²) in [5.74, 6) is 1.33. The van der Waals surface area contributed by atoms with Crippen molar-refractivity contribution in [1.29, 1.82) is 0 Å². The molecule has 0 radical (unpaired) electrons. The quantitative estimate of drug-likeness (QED) is 0.619. The summed E-state index contributed by atoms with van der Waals surface area (Å²) in [7, 11) is 3.16.